The number of hydrogen-bond donors (Lipinski definition) is 2. The molecule has 0 aliphatic carbocycles. The second-order valence-corrected chi connectivity index (χ2v) is 4.83. The Morgan fingerprint density at radius 3 is 2.47 bits per heavy atom. The van der Waals surface area contributed by atoms with Gasteiger partial charge in [-0.15, -0.1) is 0 Å². The normalized spacial score (nSPS) is 11.7. The predicted octanol–water partition coefficient (Wildman–Crippen LogP) is 1.96. The number of carbonyl (C=O) groups is 2. The number of aliphatic carboxylic acids is 1. The van der Waals surface area contributed by atoms with Crippen molar-refractivity contribution in [3.8, 4) is 6.07 Å². The van der Waals surface area contributed by atoms with Gasteiger partial charge in [0, 0.05) is 25.0 Å². The lowest BCUT2D eigenvalue weighted by molar-refractivity contribution is -0.137. The largest absolute Gasteiger partial charge is 0.481 e. The predicted molar refractivity (Wildman–Crippen MR) is 71.6 cm³/mol. The Kier molecular flexibility index (Phi) is 8.34. The van der Waals surface area contributed by atoms with Crippen molar-refractivity contribution < 1.29 is 14.7 Å². The molecular weight excluding hydrogens is 246 g/mol. The Hall–Kier alpha value is -1.77. The van der Waals surface area contributed by atoms with E-state index in [2.05, 4.69) is 5.32 Å². The maximum Gasteiger partial charge on any atom is 0.317 e. The lowest BCUT2D eigenvalue weighted by atomic mass is 10.1. The van der Waals surface area contributed by atoms with Gasteiger partial charge < -0.3 is 15.3 Å². The first kappa shape index (κ1) is 17.2. The van der Waals surface area contributed by atoms with Crippen molar-refractivity contribution in [3.63, 3.8) is 0 Å². The van der Waals surface area contributed by atoms with E-state index in [1.807, 2.05) is 26.8 Å². The average Bonchev–Trinajstić information content (AvgIpc) is 2.28. The minimum atomic E-state index is -0.823. The number of amides is 2. The highest BCUT2D eigenvalue weighted by Gasteiger charge is 2.18. The Morgan fingerprint density at radius 2 is 2.00 bits per heavy atom. The molecule has 1 unspecified atom stereocenters. The fourth-order valence-corrected chi connectivity index (χ4v) is 1.69. The van der Waals surface area contributed by atoms with Crippen LogP contribution in [-0.4, -0.2) is 40.6 Å². The number of nitriles is 1. The van der Waals surface area contributed by atoms with Crippen molar-refractivity contribution in [1.29, 1.82) is 5.26 Å². The highest BCUT2D eigenvalue weighted by Crippen LogP contribution is 2.04. The van der Waals surface area contributed by atoms with Crippen LogP contribution < -0.4 is 5.32 Å². The molecule has 6 nitrogen and oxygen atoms in total. The van der Waals surface area contributed by atoms with Crippen molar-refractivity contribution in [1.82, 2.24) is 10.2 Å². The van der Waals surface area contributed by atoms with Crippen molar-refractivity contribution in [2.24, 2.45) is 0 Å². The number of hydrogen-bond acceptors (Lipinski definition) is 3. The maximum absolute atomic E-state index is 12.0. The molecule has 19 heavy (non-hydrogen) atoms. The van der Waals surface area contributed by atoms with Gasteiger partial charge in [-0.25, -0.2) is 4.79 Å². The van der Waals surface area contributed by atoms with Gasteiger partial charge in [0.25, 0.3) is 0 Å². The third kappa shape index (κ3) is 8.03. The summed E-state index contributed by atoms with van der Waals surface area (Å²) in [7, 11) is 0. The Labute approximate surface area is 114 Å². The Balaban J connectivity index is 4.16. The van der Waals surface area contributed by atoms with Crippen LogP contribution >= 0.6 is 0 Å². The SMILES string of the molecule is CC(CCCC(=O)O)NC(=O)N(CCC#N)C(C)C. The zero-order valence-electron chi connectivity index (χ0n) is 11.8. The van der Waals surface area contributed by atoms with E-state index in [1.165, 1.54) is 0 Å². The third-order valence-electron chi connectivity index (χ3n) is 2.75. The first-order chi connectivity index (χ1) is 8.88. The minimum Gasteiger partial charge on any atom is -0.481 e. The Bertz CT molecular complexity index is 337. The molecule has 2 N–H and O–H groups in total. The molecule has 0 aromatic rings. The highest BCUT2D eigenvalue weighted by molar-refractivity contribution is 5.74. The standard InChI is InChI=1S/C13H23N3O3/c1-10(2)16(9-5-8-14)13(19)15-11(3)6-4-7-12(17)18/h10-11H,4-7,9H2,1-3H3,(H,15,19)(H,17,18). The number of carboxylic acid groups (broad SMARTS) is 1. The van der Waals surface area contributed by atoms with E-state index in [9.17, 15) is 9.59 Å². The molecule has 0 aliphatic rings. The molecule has 0 aromatic heterocycles. The zero-order chi connectivity index (χ0) is 14.8. The van der Waals surface area contributed by atoms with Gasteiger partial charge in [-0.2, -0.15) is 5.26 Å². The lowest BCUT2D eigenvalue weighted by Crippen LogP contribution is -2.47. The molecule has 2 amide bonds. The molecule has 0 rings (SSSR count). The van der Waals surface area contributed by atoms with E-state index < -0.39 is 5.97 Å². The first-order valence-corrected chi connectivity index (χ1v) is 6.54. The maximum atomic E-state index is 12.0. The fraction of sp³-hybridized carbons (Fsp3) is 0.769. The number of nitrogens with one attached hydrogen (secondary N) is 1. The molecule has 0 saturated carbocycles. The average molecular weight is 269 g/mol. The van der Waals surface area contributed by atoms with Gasteiger partial charge in [0.05, 0.1) is 12.5 Å². The molecule has 0 aliphatic heterocycles. The summed E-state index contributed by atoms with van der Waals surface area (Å²) in [4.78, 5) is 24.0. The van der Waals surface area contributed by atoms with Crippen LogP contribution in [0.25, 0.3) is 0 Å². The van der Waals surface area contributed by atoms with E-state index in [-0.39, 0.29) is 24.5 Å². The lowest BCUT2D eigenvalue weighted by Gasteiger charge is -2.27. The van der Waals surface area contributed by atoms with Crippen molar-refractivity contribution in [2.75, 3.05) is 6.54 Å². The van der Waals surface area contributed by atoms with Gasteiger partial charge in [0.2, 0.25) is 0 Å². The first-order valence-electron chi connectivity index (χ1n) is 6.54. The van der Waals surface area contributed by atoms with Gasteiger partial charge in [-0.05, 0) is 33.6 Å². The molecule has 0 aromatic carbocycles. The summed E-state index contributed by atoms with van der Waals surface area (Å²) < 4.78 is 0. The molecule has 108 valence electrons. The monoisotopic (exact) mass is 269 g/mol. The third-order valence-corrected chi connectivity index (χ3v) is 2.75. The summed E-state index contributed by atoms with van der Waals surface area (Å²) in [6.45, 7) is 6.04. The van der Waals surface area contributed by atoms with E-state index in [4.69, 9.17) is 10.4 Å². The fourth-order valence-electron chi connectivity index (χ4n) is 1.69. The van der Waals surface area contributed by atoms with Crippen molar-refractivity contribution >= 4 is 12.0 Å². The molecule has 1 atom stereocenters. The number of carboxylic acids is 1. The summed E-state index contributed by atoms with van der Waals surface area (Å²) in [5.74, 6) is -0.823. The van der Waals surface area contributed by atoms with Gasteiger partial charge in [-0.3, -0.25) is 4.79 Å². The van der Waals surface area contributed by atoms with Gasteiger partial charge in [0.15, 0.2) is 0 Å². The highest BCUT2D eigenvalue weighted by atomic mass is 16.4. The minimum absolute atomic E-state index is 0.0274. The number of carbonyl (C=O) groups excluding carboxylic acids is 1. The summed E-state index contributed by atoms with van der Waals surface area (Å²) in [5, 5.41) is 19.9. The topological polar surface area (TPSA) is 93.4 Å². The molecule has 0 spiro atoms. The second-order valence-electron chi connectivity index (χ2n) is 4.83. The van der Waals surface area contributed by atoms with Crippen molar-refractivity contribution in [3.05, 3.63) is 0 Å². The van der Waals surface area contributed by atoms with Crippen LogP contribution in [0.5, 0.6) is 0 Å². The van der Waals surface area contributed by atoms with Gasteiger partial charge >= 0.3 is 12.0 Å². The van der Waals surface area contributed by atoms with E-state index in [0.717, 1.165) is 0 Å². The summed E-state index contributed by atoms with van der Waals surface area (Å²) >= 11 is 0. The summed E-state index contributed by atoms with van der Waals surface area (Å²) in [6, 6.07) is 1.77. The molecule has 0 heterocycles. The van der Waals surface area contributed by atoms with Crippen LogP contribution in [0.3, 0.4) is 0 Å². The molecule has 0 fully saturated rings. The smallest absolute Gasteiger partial charge is 0.317 e. The molecule has 6 heteroatoms. The molecule has 0 bridgehead atoms. The van der Waals surface area contributed by atoms with Crippen molar-refractivity contribution in [2.45, 2.75) is 58.5 Å². The molecule has 0 radical (unpaired) electrons. The number of nitrogens with zero attached hydrogens (tertiary/aromatic N) is 2. The summed E-state index contributed by atoms with van der Waals surface area (Å²) in [6.07, 6.45) is 1.58. The summed E-state index contributed by atoms with van der Waals surface area (Å²) in [5.41, 5.74) is 0. The quantitative estimate of drug-likeness (QED) is 0.704. The van der Waals surface area contributed by atoms with E-state index >= 15 is 0 Å². The van der Waals surface area contributed by atoms with Crippen LogP contribution in [0.2, 0.25) is 0 Å². The molecular formula is C13H23N3O3. The van der Waals surface area contributed by atoms with Crippen LogP contribution in [0, 0.1) is 11.3 Å². The Morgan fingerprint density at radius 1 is 1.37 bits per heavy atom. The van der Waals surface area contributed by atoms with Gasteiger partial charge in [0.1, 0.15) is 0 Å². The second kappa shape index (κ2) is 9.20. The van der Waals surface area contributed by atoms with Gasteiger partial charge in [-0.1, -0.05) is 0 Å². The molecule has 0 saturated heterocycles. The van der Waals surface area contributed by atoms with Crippen LogP contribution in [0.1, 0.15) is 46.5 Å². The van der Waals surface area contributed by atoms with E-state index in [0.29, 0.717) is 25.8 Å². The van der Waals surface area contributed by atoms with Crippen LogP contribution in [0.15, 0.2) is 0 Å². The zero-order valence-corrected chi connectivity index (χ0v) is 11.8. The van der Waals surface area contributed by atoms with Crippen LogP contribution in [-0.2, 0) is 4.79 Å². The van der Waals surface area contributed by atoms with E-state index in [1.54, 1.807) is 4.90 Å². The number of urea groups is 1. The van der Waals surface area contributed by atoms with Crippen LogP contribution in [0.4, 0.5) is 4.79 Å². The number of rotatable bonds is 8.